The van der Waals surface area contributed by atoms with Gasteiger partial charge in [-0.25, -0.2) is 8.91 Å². The van der Waals surface area contributed by atoms with Crippen molar-refractivity contribution >= 4 is 17.3 Å². The summed E-state index contributed by atoms with van der Waals surface area (Å²) in [6.45, 7) is 5.76. The van der Waals surface area contributed by atoms with Crippen LogP contribution in [0.2, 0.25) is 0 Å². The van der Waals surface area contributed by atoms with Crippen molar-refractivity contribution in [3.63, 3.8) is 0 Å². The molecule has 0 spiro atoms. The van der Waals surface area contributed by atoms with E-state index in [9.17, 15) is 14.0 Å². The number of hydrogen-bond acceptors (Lipinski definition) is 4. The van der Waals surface area contributed by atoms with E-state index in [1.807, 2.05) is 32.9 Å². The third-order valence-corrected chi connectivity index (χ3v) is 5.47. The highest BCUT2D eigenvalue weighted by molar-refractivity contribution is 6.07. The molecular weight excluding hydrogens is 447 g/mol. The van der Waals surface area contributed by atoms with Gasteiger partial charge in [0.25, 0.3) is 11.8 Å². The van der Waals surface area contributed by atoms with Crippen molar-refractivity contribution in [2.24, 2.45) is 0 Å². The van der Waals surface area contributed by atoms with Gasteiger partial charge in [0.15, 0.2) is 0 Å². The van der Waals surface area contributed by atoms with Crippen molar-refractivity contribution < 1.29 is 18.7 Å². The molecule has 2 aromatic heterocycles. The van der Waals surface area contributed by atoms with Gasteiger partial charge in [0.1, 0.15) is 17.3 Å². The lowest BCUT2D eigenvalue weighted by molar-refractivity contribution is 0.0918. The molecule has 2 aromatic carbocycles. The highest BCUT2D eigenvalue weighted by atomic mass is 19.1. The van der Waals surface area contributed by atoms with Crippen LogP contribution in [0, 0.1) is 5.82 Å². The number of halogens is 1. The number of nitrogens with one attached hydrogen (secondary N) is 2. The van der Waals surface area contributed by atoms with Crippen LogP contribution < -0.4 is 15.4 Å². The van der Waals surface area contributed by atoms with Crippen LogP contribution in [-0.4, -0.2) is 41.1 Å². The topological polar surface area (TPSA) is 84.7 Å². The maximum absolute atomic E-state index is 13.5. The summed E-state index contributed by atoms with van der Waals surface area (Å²) in [5.74, 6) is -0.302. The van der Waals surface area contributed by atoms with Gasteiger partial charge in [-0.1, -0.05) is 0 Å². The number of amides is 2. The highest BCUT2D eigenvalue weighted by Crippen LogP contribution is 2.34. The number of aromatic nitrogens is 2. The van der Waals surface area contributed by atoms with Gasteiger partial charge in [0.2, 0.25) is 0 Å². The number of carbonyl (C=O) groups is 2. The van der Waals surface area contributed by atoms with E-state index in [0.29, 0.717) is 39.2 Å². The monoisotopic (exact) mass is 474 g/mol. The number of hydrogen-bond donors (Lipinski definition) is 2. The van der Waals surface area contributed by atoms with Crippen molar-refractivity contribution in [2.75, 3.05) is 14.2 Å². The first-order valence-electron chi connectivity index (χ1n) is 11.1. The summed E-state index contributed by atoms with van der Waals surface area (Å²) in [4.78, 5) is 25.7. The zero-order valence-corrected chi connectivity index (χ0v) is 20.3. The zero-order chi connectivity index (χ0) is 25.3. The second-order valence-corrected chi connectivity index (χ2v) is 9.17. The molecule has 35 heavy (non-hydrogen) atoms. The standard InChI is InChI=1S/C27H27FN4O3/c1-27(2,3)30-25(33)18-8-11-22(35-5)20(14-18)17-12-13-32-21(15-17)23(26(34)29-4)24(31-32)16-6-9-19(28)10-7-16/h6-15H,1-5H3,(H,29,34)(H,30,33). The normalized spacial score (nSPS) is 11.4. The zero-order valence-electron chi connectivity index (χ0n) is 20.3. The summed E-state index contributed by atoms with van der Waals surface area (Å²) >= 11 is 0. The number of benzene rings is 2. The third kappa shape index (κ3) is 4.87. The van der Waals surface area contributed by atoms with E-state index in [1.165, 1.54) is 12.1 Å². The molecule has 0 aliphatic heterocycles. The second kappa shape index (κ2) is 9.21. The van der Waals surface area contributed by atoms with Crippen molar-refractivity contribution in [1.29, 1.82) is 0 Å². The summed E-state index contributed by atoms with van der Waals surface area (Å²) in [5.41, 5.74) is 3.53. The molecule has 8 heteroatoms. The quantitative estimate of drug-likeness (QED) is 0.439. The number of fused-ring (bicyclic) bond motifs is 1. The highest BCUT2D eigenvalue weighted by Gasteiger charge is 2.22. The number of ether oxygens (including phenoxy) is 1. The molecule has 0 saturated heterocycles. The predicted molar refractivity (Wildman–Crippen MR) is 133 cm³/mol. The van der Waals surface area contributed by atoms with E-state index in [-0.39, 0.29) is 23.2 Å². The molecule has 7 nitrogen and oxygen atoms in total. The summed E-state index contributed by atoms with van der Waals surface area (Å²) in [5, 5.41) is 10.2. The molecule has 180 valence electrons. The van der Waals surface area contributed by atoms with Gasteiger partial charge >= 0.3 is 0 Å². The fourth-order valence-electron chi connectivity index (χ4n) is 3.86. The van der Waals surface area contributed by atoms with Crippen molar-refractivity contribution in [3.8, 4) is 28.1 Å². The second-order valence-electron chi connectivity index (χ2n) is 9.17. The predicted octanol–water partition coefficient (Wildman–Crippen LogP) is 4.70. The van der Waals surface area contributed by atoms with E-state index in [0.717, 1.165) is 5.56 Å². The molecule has 0 saturated carbocycles. The van der Waals surface area contributed by atoms with Crippen LogP contribution in [-0.2, 0) is 0 Å². The minimum absolute atomic E-state index is 0.198. The van der Waals surface area contributed by atoms with E-state index < -0.39 is 0 Å². The van der Waals surface area contributed by atoms with Crippen LogP contribution in [0.15, 0.2) is 60.8 Å². The van der Waals surface area contributed by atoms with E-state index in [1.54, 1.807) is 55.2 Å². The maximum Gasteiger partial charge on any atom is 0.255 e. The number of methoxy groups -OCH3 is 1. The van der Waals surface area contributed by atoms with Crippen LogP contribution in [0.25, 0.3) is 27.9 Å². The SMILES string of the molecule is CNC(=O)c1c(-c2ccc(F)cc2)nn2ccc(-c3cc(C(=O)NC(C)(C)C)ccc3OC)cc12. The third-order valence-electron chi connectivity index (χ3n) is 5.47. The van der Waals surface area contributed by atoms with Crippen LogP contribution in [0.1, 0.15) is 41.5 Å². The Morgan fingerprint density at radius 2 is 1.69 bits per heavy atom. The lowest BCUT2D eigenvalue weighted by Crippen LogP contribution is -2.40. The maximum atomic E-state index is 13.5. The Labute approximate surface area is 202 Å². The first kappa shape index (κ1) is 23.9. The van der Waals surface area contributed by atoms with Gasteiger partial charge in [-0.3, -0.25) is 9.59 Å². The molecule has 4 aromatic rings. The van der Waals surface area contributed by atoms with Crippen molar-refractivity contribution in [1.82, 2.24) is 20.2 Å². The minimum Gasteiger partial charge on any atom is -0.496 e. The Morgan fingerprint density at radius 3 is 2.31 bits per heavy atom. The molecule has 4 rings (SSSR count). The Kier molecular flexibility index (Phi) is 6.30. The number of pyridine rings is 1. The van der Waals surface area contributed by atoms with E-state index in [2.05, 4.69) is 15.7 Å². The summed E-state index contributed by atoms with van der Waals surface area (Å²) in [7, 11) is 3.11. The smallest absolute Gasteiger partial charge is 0.255 e. The van der Waals surface area contributed by atoms with Gasteiger partial charge in [-0.2, -0.15) is 5.10 Å². The summed E-state index contributed by atoms with van der Waals surface area (Å²) in [6.07, 6.45) is 1.74. The molecule has 2 heterocycles. The van der Waals surface area contributed by atoms with Crippen molar-refractivity contribution in [2.45, 2.75) is 26.3 Å². The molecule has 0 radical (unpaired) electrons. The molecule has 2 N–H and O–H groups in total. The first-order chi connectivity index (χ1) is 16.6. The Hall–Kier alpha value is -4.20. The Morgan fingerprint density at radius 1 is 0.971 bits per heavy atom. The summed E-state index contributed by atoms with van der Waals surface area (Å²) < 4.78 is 20.6. The van der Waals surface area contributed by atoms with Gasteiger partial charge in [0, 0.05) is 35.5 Å². The molecule has 2 amide bonds. The molecule has 0 unspecified atom stereocenters. The van der Waals surface area contributed by atoms with Gasteiger partial charge in [-0.15, -0.1) is 0 Å². The minimum atomic E-state index is -0.382. The molecular formula is C27H27FN4O3. The van der Waals surface area contributed by atoms with Crippen LogP contribution >= 0.6 is 0 Å². The number of rotatable bonds is 5. The molecule has 0 aliphatic carbocycles. The fraction of sp³-hybridized carbons (Fsp3) is 0.222. The lowest BCUT2D eigenvalue weighted by Gasteiger charge is -2.21. The van der Waals surface area contributed by atoms with Crippen LogP contribution in [0.4, 0.5) is 4.39 Å². The Balaban J connectivity index is 1.88. The first-order valence-corrected chi connectivity index (χ1v) is 11.1. The van der Waals surface area contributed by atoms with E-state index in [4.69, 9.17) is 4.74 Å². The average molecular weight is 475 g/mol. The van der Waals surface area contributed by atoms with Crippen LogP contribution in [0.3, 0.4) is 0 Å². The lowest BCUT2D eigenvalue weighted by atomic mass is 9.99. The van der Waals surface area contributed by atoms with Gasteiger partial charge in [-0.05, 0) is 80.9 Å². The summed E-state index contributed by atoms with van der Waals surface area (Å²) in [6, 6.07) is 14.7. The number of nitrogens with zero attached hydrogens (tertiary/aromatic N) is 2. The largest absolute Gasteiger partial charge is 0.496 e. The molecule has 0 fully saturated rings. The van der Waals surface area contributed by atoms with E-state index >= 15 is 0 Å². The fourth-order valence-corrected chi connectivity index (χ4v) is 3.86. The van der Waals surface area contributed by atoms with Crippen LogP contribution in [0.5, 0.6) is 5.75 Å². The average Bonchev–Trinajstić information content (AvgIpc) is 3.21. The van der Waals surface area contributed by atoms with Crippen molar-refractivity contribution in [3.05, 3.63) is 77.7 Å². The molecule has 0 atom stereocenters. The number of carbonyl (C=O) groups excluding carboxylic acids is 2. The Bertz CT molecular complexity index is 1420. The van der Waals surface area contributed by atoms with Gasteiger partial charge < -0.3 is 15.4 Å². The van der Waals surface area contributed by atoms with Gasteiger partial charge in [0.05, 0.1) is 18.2 Å². The molecule has 0 bridgehead atoms. The molecule has 0 aliphatic rings.